The molecule has 0 aliphatic carbocycles. The van der Waals surface area contributed by atoms with Gasteiger partial charge in [-0.05, 0) is 19.1 Å². The first-order valence-corrected chi connectivity index (χ1v) is 9.88. The van der Waals surface area contributed by atoms with E-state index < -0.39 is 0 Å². The highest BCUT2D eigenvalue weighted by Crippen LogP contribution is 2.34. The third-order valence-electron chi connectivity index (χ3n) is 4.32. The minimum absolute atomic E-state index is 0.132. The summed E-state index contributed by atoms with van der Waals surface area (Å²) >= 11 is 7.28. The van der Waals surface area contributed by atoms with E-state index in [-0.39, 0.29) is 17.0 Å². The molecule has 4 aromatic rings. The number of benzene rings is 1. The maximum atomic E-state index is 13.2. The molecule has 1 aromatic carbocycles. The van der Waals surface area contributed by atoms with Crippen molar-refractivity contribution >= 4 is 28.6 Å². The number of fused-ring (bicyclic) bond motifs is 1. The standard InChI is InChI=1S/C20H16ClN3O3S/c1-2-27-15-8-4-3-7-14(15)17-18(25)23-10-6-5-9-16(23)24(19(17)26)12-13-11-22-20(21)28-13/h3-11H,2,12H2,1H3/p+1. The highest BCUT2D eigenvalue weighted by molar-refractivity contribution is 7.15. The highest BCUT2D eigenvalue weighted by atomic mass is 35.5. The lowest BCUT2D eigenvalue weighted by Crippen LogP contribution is -2.43. The molecule has 4 rings (SSSR count). The number of halogens is 1. The van der Waals surface area contributed by atoms with Crippen LogP contribution in [-0.2, 0) is 6.54 Å². The SMILES string of the molecule is CCOc1ccccc1-c1c(O)n(Cc2cnc(Cl)s2)c2cccc[n+]2c1=O. The molecule has 0 amide bonds. The van der Waals surface area contributed by atoms with E-state index >= 15 is 0 Å². The number of thiazole rings is 1. The van der Waals surface area contributed by atoms with Gasteiger partial charge in [-0.2, -0.15) is 8.97 Å². The van der Waals surface area contributed by atoms with Gasteiger partial charge in [0.1, 0.15) is 12.3 Å². The van der Waals surface area contributed by atoms with Crippen LogP contribution in [0.5, 0.6) is 11.6 Å². The number of ether oxygens (including phenoxy) is 1. The Kier molecular flexibility index (Phi) is 5.02. The van der Waals surface area contributed by atoms with E-state index in [4.69, 9.17) is 16.3 Å². The molecule has 1 N–H and O–H groups in total. The lowest BCUT2D eigenvalue weighted by molar-refractivity contribution is -0.532. The van der Waals surface area contributed by atoms with Gasteiger partial charge in [0.05, 0.1) is 17.7 Å². The smallest absolute Gasteiger partial charge is 0.354 e. The summed E-state index contributed by atoms with van der Waals surface area (Å²) in [5.41, 5.74) is 0.968. The van der Waals surface area contributed by atoms with Crippen molar-refractivity contribution in [1.82, 2.24) is 9.55 Å². The Hall–Kier alpha value is -2.90. The lowest BCUT2D eigenvalue weighted by atomic mass is 10.1. The van der Waals surface area contributed by atoms with Crippen LogP contribution in [0.25, 0.3) is 16.8 Å². The van der Waals surface area contributed by atoms with Gasteiger partial charge in [-0.15, -0.1) is 11.3 Å². The van der Waals surface area contributed by atoms with Crippen LogP contribution in [-0.4, -0.2) is 21.3 Å². The third kappa shape index (κ3) is 3.23. The van der Waals surface area contributed by atoms with Gasteiger partial charge in [0.2, 0.25) is 0 Å². The molecule has 6 nitrogen and oxygen atoms in total. The molecule has 8 heteroatoms. The summed E-state index contributed by atoms with van der Waals surface area (Å²) in [6, 6.07) is 12.6. The van der Waals surface area contributed by atoms with E-state index in [9.17, 15) is 9.90 Å². The summed E-state index contributed by atoms with van der Waals surface area (Å²) in [6.07, 6.45) is 3.35. The Morgan fingerprint density at radius 3 is 2.79 bits per heavy atom. The summed E-state index contributed by atoms with van der Waals surface area (Å²) < 4.78 is 9.29. The van der Waals surface area contributed by atoms with Gasteiger partial charge in [0, 0.05) is 17.8 Å². The van der Waals surface area contributed by atoms with Crippen LogP contribution in [0.4, 0.5) is 0 Å². The second-order valence-electron chi connectivity index (χ2n) is 6.03. The molecule has 0 radical (unpaired) electrons. The van der Waals surface area contributed by atoms with Crippen molar-refractivity contribution in [3.8, 4) is 22.8 Å². The summed E-state index contributed by atoms with van der Waals surface area (Å²) in [6.45, 7) is 2.65. The molecule has 0 unspecified atom stereocenters. The van der Waals surface area contributed by atoms with Crippen molar-refractivity contribution in [2.24, 2.45) is 0 Å². The Morgan fingerprint density at radius 2 is 2.04 bits per heavy atom. The van der Waals surface area contributed by atoms with Gasteiger partial charge in [0.15, 0.2) is 10.0 Å². The van der Waals surface area contributed by atoms with Gasteiger partial charge < -0.3 is 9.84 Å². The number of para-hydroxylation sites is 1. The monoisotopic (exact) mass is 414 g/mol. The van der Waals surface area contributed by atoms with Crippen LogP contribution >= 0.6 is 22.9 Å². The van der Waals surface area contributed by atoms with Crippen molar-refractivity contribution in [2.45, 2.75) is 13.5 Å². The largest absolute Gasteiger partial charge is 0.493 e. The Morgan fingerprint density at radius 1 is 1.25 bits per heavy atom. The number of nitrogens with zero attached hydrogens (tertiary/aromatic N) is 3. The maximum absolute atomic E-state index is 13.2. The summed E-state index contributed by atoms with van der Waals surface area (Å²) in [5.74, 6) is 0.411. The maximum Gasteiger partial charge on any atom is 0.354 e. The predicted molar refractivity (Wildman–Crippen MR) is 108 cm³/mol. The zero-order chi connectivity index (χ0) is 19.7. The fraction of sp³-hybridized carbons (Fsp3) is 0.150. The van der Waals surface area contributed by atoms with E-state index in [0.717, 1.165) is 4.88 Å². The van der Waals surface area contributed by atoms with Gasteiger partial charge in [0.25, 0.3) is 11.5 Å². The van der Waals surface area contributed by atoms with E-state index in [2.05, 4.69) is 4.98 Å². The van der Waals surface area contributed by atoms with Crippen molar-refractivity contribution in [3.63, 3.8) is 0 Å². The van der Waals surface area contributed by atoms with Crippen molar-refractivity contribution in [1.29, 1.82) is 0 Å². The van der Waals surface area contributed by atoms with Crippen LogP contribution < -0.4 is 14.7 Å². The first-order valence-electron chi connectivity index (χ1n) is 8.68. The Labute approximate surface area is 169 Å². The van der Waals surface area contributed by atoms with Crippen LogP contribution in [0.15, 0.2) is 59.7 Å². The summed E-state index contributed by atoms with van der Waals surface area (Å²) in [7, 11) is 0. The van der Waals surface area contributed by atoms with Crippen molar-refractivity contribution in [3.05, 3.63) is 74.6 Å². The number of pyridine rings is 1. The lowest BCUT2D eigenvalue weighted by Gasteiger charge is -2.12. The van der Waals surface area contributed by atoms with E-state index in [1.165, 1.54) is 15.7 Å². The molecule has 142 valence electrons. The second-order valence-corrected chi connectivity index (χ2v) is 7.72. The molecule has 0 saturated carbocycles. The predicted octanol–water partition coefficient (Wildman–Crippen LogP) is 3.52. The van der Waals surface area contributed by atoms with Gasteiger partial charge in [-0.1, -0.05) is 35.9 Å². The summed E-state index contributed by atoms with van der Waals surface area (Å²) in [5, 5.41) is 11.1. The van der Waals surface area contributed by atoms with Crippen LogP contribution in [0.1, 0.15) is 11.8 Å². The third-order valence-corrected chi connectivity index (χ3v) is 5.42. The topological polar surface area (TPSA) is 68.5 Å². The molecule has 3 heterocycles. The zero-order valence-electron chi connectivity index (χ0n) is 15.0. The first-order chi connectivity index (χ1) is 13.6. The molecule has 0 aliphatic heterocycles. The molecule has 0 aliphatic rings. The minimum Gasteiger partial charge on any atom is -0.493 e. The van der Waals surface area contributed by atoms with Crippen LogP contribution in [0.3, 0.4) is 0 Å². The van der Waals surface area contributed by atoms with E-state index in [1.54, 1.807) is 41.2 Å². The van der Waals surface area contributed by atoms with Gasteiger partial charge in [-0.25, -0.2) is 9.78 Å². The average molecular weight is 415 g/mol. The van der Waals surface area contributed by atoms with Crippen molar-refractivity contribution in [2.75, 3.05) is 6.61 Å². The normalized spacial score (nSPS) is 11.1. The summed E-state index contributed by atoms with van der Waals surface area (Å²) in [4.78, 5) is 18.1. The number of rotatable bonds is 5. The average Bonchev–Trinajstić information content (AvgIpc) is 3.12. The molecular weight excluding hydrogens is 398 g/mol. The number of aromatic nitrogens is 3. The van der Waals surface area contributed by atoms with E-state index in [1.807, 2.05) is 25.1 Å². The molecule has 0 saturated heterocycles. The van der Waals surface area contributed by atoms with Crippen LogP contribution in [0.2, 0.25) is 4.47 Å². The van der Waals surface area contributed by atoms with E-state index in [0.29, 0.717) is 34.6 Å². The fourth-order valence-electron chi connectivity index (χ4n) is 3.14. The molecule has 0 fully saturated rings. The molecular formula is C20H17ClN3O3S+. The molecule has 0 bridgehead atoms. The van der Waals surface area contributed by atoms with Crippen LogP contribution in [0, 0.1) is 0 Å². The number of hydrogen-bond donors (Lipinski definition) is 1. The molecule has 3 aromatic heterocycles. The molecule has 0 atom stereocenters. The molecule has 0 spiro atoms. The Bertz CT molecular complexity index is 1220. The number of aromatic hydroxyl groups is 1. The number of hydrogen-bond acceptors (Lipinski definition) is 5. The quantitative estimate of drug-likeness (QED) is 0.507. The van der Waals surface area contributed by atoms with Gasteiger partial charge >= 0.3 is 5.56 Å². The fourth-order valence-corrected chi connectivity index (χ4v) is 4.11. The first kappa shape index (κ1) is 18.5. The Balaban J connectivity index is 2.01. The molecule has 28 heavy (non-hydrogen) atoms. The minimum atomic E-state index is -0.321. The second kappa shape index (κ2) is 7.61. The highest BCUT2D eigenvalue weighted by Gasteiger charge is 2.27. The van der Waals surface area contributed by atoms with Gasteiger partial charge in [-0.3, -0.25) is 0 Å². The zero-order valence-corrected chi connectivity index (χ0v) is 16.6. The van der Waals surface area contributed by atoms with Crippen molar-refractivity contribution < 1.29 is 14.2 Å².